The minimum Gasteiger partial charge on any atom is -0.356 e. The molecule has 1 aromatic carbocycles. The summed E-state index contributed by atoms with van der Waals surface area (Å²) in [5, 5.41) is 0.928. The smallest absolute Gasteiger partial charge is 0.327 e. The molecule has 0 saturated carbocycles. The Morgan fingerprint density at radius 1 is 1.09 bits per heavy atom. The first-order valence-corrected chi connectivity index (χ1v) is 11.7. The fourth-order valence-electron chi connectivity index (χ4n) is 5.31. The fraction of sp³-hybridized carbons (Fsp3) is 0.269. The zero-order chi connectivity index (χ0) is 24.1. The number of anilines is 1. The second-order valence-electron chi connectivity index (χ2n) is 9.10. The molecule has 0 bridgehead atoms. The molecule has 1 aliphatic rings. The summed E-state index contributed by atoms with van der Waals surface area (Å²) >= 11 is 0. The van der Waals surface area contributed by atoms with E-state index in [0.717, 1.165) is 53.7 Å². The Morgan fingerprint density at radius 2 is 1.91 bits per heavy atom. The van der Waals surface area contributed by atoms with Crippen LogP contribution in [-0.2, 0) is 7.05 Å². The van der Waals surface area contributed by atoms with Gasteiger partial charge in [0.1, 0.15) is 17.8 Å². The number of pyridine rings is 1. The number of aromatic amines is 1. The molecule has 0 aliphatic carbocycles. The number of rotatable bonds is 4. The molecule has 0 unspecified atom stereocenters. The number of hydrogen-bond acceptors (Lipinski definition) is 6. The Morgan fingerprint density at radius 3 is 2.74 bits per heavy atom. The van der Waals surface area contributed by atoms with Crippen LogP contribution in [0.4, 0.5) is 5.82 Å². The summed E-state index contributed by atoms with van der Waals surface area (Å²) in [7, 11) is 1.96. The molecule has 0 radical (unpaired) electrons. The summed E-state index contributed by atoms with van der Waals surface area (Å²) in [6.07, 6.45) is 6.59. The number of hydrogen-bond donors (Lipinski definition) is 1. The van der Waals surface area contributed by atoms with Gasteiger partial charge in [0.25, 0.3) is 0 Å². The van der Waals surface area contributed by atoms with Gasteiger partial charge in [-0.1, -0.05) is 18.2 Å². The van der Waals surface area contributed by atoms with E-state index in [4.69, 9.17) is 0 Å². The third-order valence-electron chi connectivity index (χ3n) is 6.98. The van der Waals surface area contributed by atoms with Gasteiger partial charge in [0.2, 0.25) is 5.78 Å². The van der Waals surface area contributed by atoms with Gasteiger partial charge in [-0.15, -0.1) is 0 Å². The quantitative estimate of drug-likeness (QED) is 0.407. The van der Waals surface area contributed by atoms with Crippen molar-refractivity contribution in [2.75, 3.05) is 18.0 Å². The van der Waals surface area contributed by atoms with Crippen molar-refractivity contribution in [2.24, 2.45) is 7.05 Å². The van der Waals surface area contributed by atoms with Crippen LogP contribution in [0, 0.1) is 6.92 Å². The highest BCUT2D eigenvalue weighted by Crippen LogP contribution is 2.28. The second-order valence-corrected chi connectivity index (χ2v) is 9.10. The molecule has 6 rings (SSSR count). The lowest BCUT2D eigenvalue weighted by molar-refractivity contribution is 0.103. The van der Waals surface area contributed by atoms with E-state index >= 15 is 0 Å². The van der Waals surface area contributed by atoms with Crippen molar-refractivity contribution in [3.63, 3.8) is 0 Å². The predicted molar refractivity (Wildman–Crippen MR) is 134 cm³/mol. The number of nitrogens with zero attached hydrogens (tertiary/aromatic N) is 6. The van der Waals surface area contributed by atoms with Gasteiger partial charge < -0.3 is 9.47 Å². The molecular formula is C26H25N7O2. The van der Waals surface area contributed by atoms with E-state index in [2.05, 4.69) is 24.8 Å². The number of ketones is 1. The van der Waals surface area contributed by atoms with Gasteiger partial charge in [0.15, 0.2) is 5.65 Å². The molecule has 1 saturated heterocycles. The number of piperidine rings is 1. The normalized spacial score (nSPS) is 14.7. The first kappa shape index (κ1) is 21.3. The first-order valence-electron chi connectivity index (χ1n) is 11.7. The third kappa shape index (κ3) is 3.51. The molecule has 5 aromatic rings. The van der Waals surface area contributed by atoms with E-state index in [1.807, 2.05) is 59.6 Å². The average Bonchev–Trinajstić information content (AvgIpc) is 3.40. The molecule has 35 heavy (non-hydrogen) atoms. The van der Waals surface area contributed by atoms with Crippen molar-refractivity contribution in [3.8, 4) is 0 Å². The minimum absolute atomic E-state index is 0.0820. The number of para-hydroxylation sites is 1. The first-order chi connectivity index (χ1) is 17.0. The Bertz CT molecular complexity index is 1640. The number of carbonyl (C=O) groups is 1. The molecule has 176 valence electrons. The molecule has 4 aromatic heterocycles. The largest absolute Gasteiger partial charge is 0.356 e. The number of H-pyrrole nitrogens is 1. The van der Waals surface area contributed by atoms with Crippen molar-refractivity contribution >= 4 is 33.7 Å². The van der Waals surface area contributed by atoms with Crippen molar-refractivity contribution in [2.45, 2.75) is 25.8 Å². The number of aryl methyl sites for hydroxylation is 2. The molecule has 9 heteroatoms. The molecule has 0 amide bonds. The highest BCUT2D eigenvalue weighted by molar-refractivity contribution is 6.16. The molecule has 1 aliphatic heterocycles. The third-order valence-corrected chi connectivity index (χ3v) is 6.98. The van der Waals surface area contributed by atoms with E-state index in [1.54, 1.807) is 12.3 Å². The van der Waals surface area contributed by atoms with E-state index < -0.39 is 0 Å². The minimum atomic E-state index is -0.127. The van der Waals surface area contributed by atoms with Gasteiger partial charge >= 0.3 is 5.69 Å². The van der Waals surface area contributed by atoms with Crippen LogP contribution in [0.5, 0.6) is 0 Å². The van der Waals surface area contributed by atoms with E-state index in [1.165, 1.54) is 6.33 Å². The van der Waals surface area contributed by atoms with Gasteiger partial charge in [-0.05, 0) is 37.5 Å². The van der Waals surface area contributed by atoms with Crippen molar-refractivity contribution in [3.05, 3.63) is 82.4 Å². The van der Waals surface area contributed by atoms with Crippen molar-refractivity contribution < 1.29 is 4.79 Å². The second kappa shape index (κ2) is 8.19. The Labute approximate surface area is 201 Å². The molecule has 0 spiro atoms. The van der Waals surface area contributed by atoms with Crippen LogP contribution >= 0.6 is 0 Å². The molecule has 1 fully saturated rings. The van der Waals surface area contributed by atoms with Gasteiger partial charge in [-0.2, -0.15) is 0 Å². The van der Waals surface area contributed by atoms with Gasteiger partial charge in [-0.25, -0.2) is 19.7 Å². The average molecular weight is 468 g/mol. The lowest BCUT2D eigenvalue weighted by Crippen LogP contribution is -2.37. The van der Waals surface area contributed by atoms with E-state index in [0.29, 0.717) is 16.9 Å². The number of imidazole rings is 1. The highest BCUT2D eigenvalue weighted by Gasteiger charge is 2.26. The Balaban J connectivity index is 1.24. The van der Waals surface area contributed by atoms with Crippen LogP contribution < -0.4 is 10.6 Å². The summed E-state index contributed by atoms with van der Waals surface area (Å²) < 4.78 is 3.81. The van der Waals surface area contributed by atoms with Gasteiger partial charge in [0, 0.05) is 55.6 Å². The van der Waals surface area contributed by atoms with Crippen LogP contribution in [0.1, 0.15) is 40.5 Å². The maximum Gasteiger partial charge on any atom is 0.327 e. The van der Waals surface area contributed by atoms with Crippen LogP contribution in [0.15, 0.2) is 59.9 Å². The van der Waals surface area contributed by atoms with Crippen molar-refractivity contribution in [1.82, 2.24) is 29.1 Å². The van der Waals surface area contributed by atoms with Crippen LogP contribution in [0.25, 0.3) is 22.1 Å². The topological polar surface area (TPSA) is 102 Å². The highest BCUT2D eigenvalue weighted by atomic mass is 16.1. The van der Waals surface area contributed by atoms with E-state index in [-0.39, 0.29) is 17.5 Å². The maximum absolute atomic E-state index is 13.4. The zero-order valence-corrected chi connectivity index (χ0v) is 19.6. The Kier molecular flexibility index (Phi) is 4.98. The molecule has 0 atom stereocenters. The zero-order valence-electron chi connectivity index (χ0n) is 19.6. The van der Waals surface area contributed by atoms with Gasteiger partial charge in [-0.3, -0.25) is 14.3 Å². The van der Waals surface area contributed by atoms with Crippen LogP contribution in [0.3, 0.4) is 0 Å². The number of fused-ring (bicyclic) bond motifs is 2. The molecular weight excluding hydrogens is 442 g/mol. The van der Waals surface area contributed by atoms with Crippen LogP contribution in [-0.4, -0.2) is 47.9 Å². The fourth-order valence-corrected chi connectivity index (χ4v) is 5.31. The number of carbonyl (C=O) groups excluding carboxylic acids is 1. The van der Waals surface area contributed by atoms with E-state index in [9.17, 15) is 9.59 Å². The monoisotopic (exact) mass is 467 g/mol. The standard InChI is InChI=1S/C26H25N7O2/c1-16-5-3-6-18-19(14-31(2)23(16)18)24(34)20-13-22(29-15-28-20)32-11-8-17(9-12-32)33-21-7-4-10-27-25(21)30-26(33)35/h3-7,10,13-15,17H,8-9,11-12H2,1-2H3,(H,27,30,35). The summed E-state index contributed by atoms with van der Waals surface area (Å²) in [6, 6.07) is 11.6. The predicted octanol–water partition coefficient (Wildman–Crippen LogP) is 3.39. The summed E-state index contributed by atoms with van der Waals surface area (Å²) in [4.78, 5) is 44.0. The van der Waals surface area contributed by atoms with Gasteiger partial charge in [0.05, 0.1) is 11.0 Å². The van der Waals surface area contributed by atoms with Crippen molar-refractivity contribution in [1.29, 1.82) is 0 Å². The summed E-state index contributed by atoms with van der Waals surface area (Å²) in [5.74, 6) is 0.615. The molecule has 5 heterocycles. The van der Waals surface area contributed by atoms with Crippen LogP contribution in [0.2, 0.25) is 0 Å². The molecule has 1 N–H and O–H groups in total. The summed E-state index contributed by atoms with van der Waals surface area (Å²) in [6.45, 7) is 3.49. The lowest BCUT2D eigenvalue weighted by atomic mass is 10.0. The number of aromatic nitrogens is 6. The number of benzene rings is 1. The Hall–Kier alpha value is -4.27. The summed E-state index contributed by atoms with van der Waals surface area (Å²) in [5.41, 5.74) is 4.51. The lowest BCUT2D eigenvalue weighted by Gasteiger charge is -2.33. The number of nitrogens with one attached hydrogen (secondary N) is 1. The maximum atomic E-state index is 13.4. The molecule has 9 nitrogen and oxygen atoms in total. The SMILES string of the molecule is Cc1cccc2c(C(=O)c3cc(N4CCC(n5c(=O)[nH]c6ncccc65)CC4)ncn3)cn(C)c12.